The van der Waals surface area contributed by atoms with Crippen LogP contribution in [0, 0.1) is 16.7 Å². The number of nitrogens with zero attached hydrogens (tertiary/aromatic N) is 1. The van der Waals surface area contributed by atoms with Gasteiger partial charge in [0.25, 0.3) is 0 Å². The highest BCUT2D eigenvalue weighted by atomic mass is 16.2. The molecular formula is C17H28N2O2. The molecule has 1 aliphatic heterocycles. The van der Waals surface area contributed by atoms with Gasteiger partial charge in [-0.25, -0.2) is 0 Å². The van der Waals surface area contributed by atoms with E-state index in [2.05, 4.69) is 26.1 Å². The van der Waals surface area contributed by atoms with Gasteiger partial charge in [-0.3, -0.25) is 9.59 Å². The number of rotatable bonds is 2. The fourth-order valence-electron chi connectivity index (χ4n) is 5.45. The van der Waals surface area contributed by atoms with E-state index in [1.54, 1.807) is 0 Å². The summed E-state index contributed by atoms with van der Waals surface area (Å²) in [5.74, 6) is 0.774. The smallest absolute Gasteiger partial charge is 0.248 e. The summed E-state index contributed by atoms with van der Waals surface area (Å²) in [6, 6.07) is 0.188. The first-order chi connectivity index (χ1) is 9.64. The average Bonchev–Trinajstić information content (AvgIpc) is 2.86. The SMILES string of the molecule is CCC1(C)NC(=O)CN(C2C3(C)CCC(C3)C2(C)C)C1=O. The minimum atomic E-state index is -0.733. The molecule has 4 atom stereocenters. The predicted octanol–water partition coefficient (Wildman–Crippen LogP) is 2.33. The highest BCUT2D eigenvalue weighted by Crippen LogP contribution is 2.64. The van der Waals surface area contributed by atoms with Crippen LogP contribution in [0.5, 0.6) is 0 Å². The number of carbonyl (C=O) groups is 2. The van der Waals surface area contributed by atoms with Crippen LogP contribution >= 0.6 is 0 Å². The summed E-state index contributed by atoms with van der Waals surface area (Å²) in [7, 11) is 0. The minimum absolute atomic E-state index is 0.0128. The Morgan fingerprint density at radius 1 is 1.24 bits per heavy atom. The van der Waals surface area contributed by atoms with Crippen molar-refractivity contribution in [2.75, 3.05) is 6.54 Å². The van der Waals surface area contributed by atoms with Crippen molar-refractivity contribution in [2.45, 2.75) is 71.9 Å². The van der Waals surface area contributed by atoms with Crippen LogP contribution in [0.2, 0.25) is 0 Å². The van der Waals surface area contributed by atoms with Crippen LogP contribution in [0.3, 0.4) is 0 Å². The van der Waals surface area contributed by atoms with Crippen LogP contribution < -0.4 is 5.32 Å². The molecule has 0 aromatic heterocycles. The highest BCUT2D eigenvalue weighted by Gasteiger charge is 2.63. The number of nitrogens with one attached hydrogen (secondary N) is 1. The van der Waals surface area contributed by atoms with Gasteiger partial charge in [0.2, 0.25) is 11.8 Å². The van der Waals surface area contributed by atoms with Gasteiger partial charge in [0, 0.05) is 6.04 Å². The third-order valence-corrected chi connectivity index (χ3v) is 6.67. The van der Waals surface area contributed by atoms with E-state index in [0.717, 1.165) is 0 Å². The van der Waals surface area contributed by atoms with E-state index in [9.17, 15) is 9.59 Å². The molecule has 1 N–H and O–H groups in total. The predicted molar refractivity (Wildman–Crippen MR) is 81.6 cm³/mol. The molecule has 0 spiro atoms. The Bertz CT molecular complexity index is 496. The van der Waals surface area contributed by atoms with Crippen molar-refractivity contribution in [1.82, 2.24) is 10.2 Å². The molecule has 0 aromatic carbocycles. The molecule has 3 fully saturated rings. The maximum atomic E-state index is 13.0. The normalized spacial score (nSPS) is 45.1. The molecule has 1 saturated heterocycles. The van der Waals surface area contributed by atoms with Crippen LogP contribution in [0.25, 0.3) is 0 Å². The fraction of sp³-hybridized carbons (Fsp3) is 0.882. The zero-order valence-corrected chi connectivity index (χ0v) is 14.0. The Kier molecular flexibility index (Phi) is 3.00. The van der Waals surface area contributed by atoms with E-state index in [0.29, 0.717) is 12.3 Å². The van der Waals surface area contributed by atoms with Gasteiger partial charge in [0.1, 0.15) is 5.54 Å². The number of piperazine rings is 1. The molecule has 0 aromatic rings. The number of fused-ring (bicyclic) bond motifs is 2. The van der Waals surface area contributed by atoms with E-state index >= 15 is 0 Å². The first-order valence-electron chi connectivity index (χ1n) is 8.26. The van der Waals surface area contributed by atoms with Gasteiger partial charge in [-0.1, -0.05) is 27.7 Å². The lowest BCUT2D eigenvalue weighted by Gasteiger charge is -2.52. The Hall–Kier alpha value is -1.06. The van der Waals surface area contributed by atoms with Crippen LogP contribution in [0.1, 0.15) is 60.3 Å². The molecule has 2 saturated carbocycles. The number of carbonyl (C=O) groups excluding carboxylic acids is 2. The summed E-state index contributed by atoms with van der Waals surface area (Å²) in [4.78, 5) is 27.1. The van der Waals surface area contributed by atoms with Crippen LogP contribution in [0.4, 0.5) is 0 Å². The van der Waals surface area contributed by atoms with Crippen LogP contribution in [0.15, 0.2) is 0 Å². The maximum Gasteiger partial charge on any atom is 0.248 e. The summed E-state index contributed by atoms with van der Waals surface area (Å²) >= 11 is 0. The second-order valence-corrected chi connectivity index (χ2v) is 8.48. The Morgan fingerprint density at radius 2 is 1.90 bits per heavy atom. The third-order valence-electron chi connectivity index (χ3n) is 6.67. The lowest BCUT2D eigenvalue weighted by molar-refractivity contribution is -0.158. The molecule has 118 valence electrons. The second kappa shape index (κ2) is 4.23. The van der Waals surface area contributed by atoms with Gasteiger partial charge in [-0.2, -0.15) is 0 Å². The Labute approximate surface area is 127 Å². The van der Waals surface area contributed by atoms with Gasteiger partial charge in [-0.15, -0.1) is 0 Å². The zero-order chi connectivity index (χ0) is 15.6. The van der Waals surface area contributed by atoms with Crippen molar-refractivity contribution in [2.24, 2.45) is 16.7 Å². The molecule has 4 heteroatoms. The van der Waals surface area contributed by atoms with Crippen molar-refractivity contribution < 1.29 is 9.59 Å². The molecule has 4 nitrogen and oxygen atoms in total. The topological polar surface area (TPSA) is 49.4 Å². The Balaban J connectivity index is 1.99. The second-order valence-electron chi connectivity index (χ2n) is 8.48. The number of hydrogen-bond acceptors (Lipinski definition) is 2. The summed E-state index contributed by atoms with van der Waals surface area (Å²) in [5.41, 5.74) is -0.450. The number of amides is 2. The van der Waals surface area contributed by atoms with E-state index in [1.165, 1.54) is 19.3 Å². The molecule has 4 unspecified atom stereocenters. The van der Waals surface area contributed by atoms with E-state index < -0.39 is 5.54 Å². The molecule has 3 aliphatic rings. The number of hydrogen-bond donors (Lipinski definition) is 1. The summed E-state index contributed by atoms with van der Waals surface area (Å²) in [6.45, 7) is 10.9. The van der Waals surface area contributed by atoms with Gasteiger partial charge in [0.05, 0.1) is 6.54 Å². The van der Waals surface area contributed by atoms with E-state index in [4.69, 9.17) is 0 Å². The standard InChI is InChI=1S/C17H28N2O2/c1-6-17(5)14(21)19(10-12(20)18-17)13-15(2,3)11-7-8-16(13,4)9-11/h11,13H,6-10H2,1-5H3,(H,18,20). The Morgan fingerprint density at radius 3 is 2.43 bits per heavy atom. The average molecular weight is 292 g/mol. The van der Waals surface area contributed by atoms with Gasteiger partial charge < -0.3 is 10.2 Å². The maximum absolute atomic E-state index is 13.0. The lowest BCUT2D eigenvalue weighted by Crippen LogP contribution is -2.70. The zero-order valence-electron chi connectivity index (χ0n) is 14.0. The first kappa shape index (κ1) is 14.9. The molecular weight excluding hydrogens is 264 g/mol. The van der Waals surface area contributed by atoms with Crippen molar-refractivity contribution in [3.63, 3.8) is 0 Å². The molecule has 0 radical (unpaired) electrons. The summed E-state index contributed by atoms with van der Waals surface area (Å²) in [5, 5.41) is 2.90. The summed E-state index contributed by atoms with van der Waals surface area (Å²) in [6.07, 6.45) is 4.28. The molecule has 3 rings (SSSR count). The monoisotopic (exact) mass is 292 g/mol. The van der Waals surface area contributed by atoms with Crippen molar-refractivity contribution in [3.8, 4) is 0 Å². The van der Waals surface area contributed by atoms with Crippen LogP contribution in [-0.2, 0) is 9.59 Å². The molecule has 2 aliphatic carbocycles. The van der Waals surface area contributed by atoms with Crippen molar-refractivity contribution in [3.05, 3.63) is 0 Å². The largest absolute Gasteiger partial charge is 0.340 e. The quantitative estimate of drug-likeness (QED) is 0.849. The van der Waals surface area contributed by atoms with Crippen molar-refractivity contribution >= 4 is 11.8 Å². The van der Waals surface area contributed by atoms with E-state index in [1.807, 2.05) is 18.7 Å². The van der Waals surface area contributed by atoms with Gasteiger partial charge >= 0.3 is 0 Å². The first-order valence-corrected chi connectivity index (χ1v) is 8.26. The summed E-state index contributed by atoms with van der Waals surface area (Å²) < 4.78 is 0. The molecule has 1 heterocycles. The van der Waals surface area contributed by atoms with Crippen molar-refractivity contribution in [1.29, 1.82) is 0 Å². The molecule has 21 heavy (non-hydrogen) atoms. The third kappa shape index (κ3) is 1.87. The molecule has 2 amide bonds. The van der Waals surface area contributed by atoms with E-state index in [-0.39, 0.29) is 35.2 Å². The van der Waals surface area contributed by atoms with Gasteiger partial charge in [-0.05, 0) is 49.4 Å². The van der Waals surface area contributed by atoms with Crippen LogP contribution in [-0.4, -0.2) is 34.8 Å². The lowest BCUT2D eigenvalue weighted by atomic mass is 9.67. The highest BCUT2D eigenvalue weighted by molar-refractivity contribution is 5.98. The fourth-order valence-corrected chi connectivity index (χ4v) is 5.45. The minimum Gasteiger partial charge on any atom is -0.340 e. The molecule has 2 bridgehead atoms. The van der Waals surface area contributed by atoms with Gasteiger partial charge in [0.15, 0.2) is 0 Å².